The van der Waals surface area contributed by atoms with Gasteiger partial charge in [-0.25, -0.2) is 0 Å². The molecule has 2 aliphatic heterocycles. The highest BCUT2D eigenvalue weighted by Crippen LogP contribution is 2.49. The molecule has 2 aromatic rings. The minimum Gasteiger partial charge on any atom is -0.490 e. The molecule has 0 N–H and O–H groups in total. The lowest BCUT2D eigenvalue weighted by Gasteiger charge is -2.45. The Kier molecular flexibility index (Phi) is 6.10. The summed E-state index contributed by atoms with van der Waals surface area (Å²) in [5.41, 5.74) is 3.39. The van der Waals surface area contributed by atoms with Crippen LogP contribution in [-0.2, 0) is 23.1 Å². The predicted molar refractivity (Wildman–Crippen MR) is 132 cm³/mol. The molecule has 8 heteroatoms. The number of anilines is 1. The third-order valence-electron chi connectivity index (χ3n) is 7.62. The molecule has 1 saturated heterocycles. The molecule has 1 spiro atoms. The smallest absolute Gasteiger partial charge is 0.318 e. The second-order valence-electron chi connectivity index (χ2n) is 9.74. The molecule has 3 atom stereocenters. The van der Waals surface area contributed by atoms with E-state index in [1.165, 1.54) is 11.6 Å². The highest BCUT2D eigenvalue weighted by atomic mass is 16.5. The number of carbonyl (C=O) groups excluding carboxylic acids is 1. The Bertz CT molecular complexity index is 1190. The summed E-state index contributed by atoms with van der Waals surface area (Å²) in [5, 5.41) is 9.38. The first-order valence-corrected chi connectivity index (χ1v) is 12.2. The van der Waals surface area contributed by atoms with Gasteiger partial charge in [-0.15, -0.1) is 0 Å². The molecule has 0 bridgehead atoms. The van der Waals surface area contributed by atoms with Gasteiger partial charge in [0, 0.05) is 42.6 Å². The number of piperazine rings is 1. The summed E-state index contributed by atoms with van der Waals surface area (Å²) >= 11 is 0. The SMILES string of the molecule is C=CC(=O)N1CCN(c2nc(OC)nc3c2CCC2(C3)CC(C)Oc3ccccc32)CC1CC#N. The summed E-state index contributed by atoms with van der Waals surface area (Å²) in [6.07, 6.45) is 5.30. The van der Waals surface area contributed by atoms with Crippen molar-refractivity contribution in [2.24, 2.45) is 0 Å². The van der Waals surface area contributed by atoms with Crippen molar-refractivity contribution < 1.29 is 14.3 Å². The second-order valence-corrected chi connectivity index (χ2v) is 9.74. The molecule has 3 unspecified atom stereocenters. The van der Waals surface area contributed by atoms with E-state index in [0.717, 1.165) is 48.5 Å². The number of ether oxygens (including phenoxy) is 2. The van der Waals surface area contributed by atoms with Gasteiger partial charge < -0.3 is 19.3 Å². The van der Waals surface area contributed by atoms with Crippen LogP contribution in [0.1, 0.15) is 43.0 Å². The minimum atomic E-state index is -0.214. The fourth-order valence-electron chi connectivity index (χ4n) is 6.09. The lowest BCUT2D eigenvalue weighted by atomic mass is 9.64. The Morgan fingerprint density at radius 2 is 2.20 bits per heavy atom. The van der Waals surface area contributed by atoms with Crippen molar-refractivity contribution in [1.29, 1.82) is 5.26 Å². The number of aromatic nitrogens is 2. The van der Waals surface area contributed by atoms with Crippen molar-refractivity contribution in [3.05, 3.63) is 53.7 Å². The highest BCUT2D eigenvalue weighted by molar-refractivity contribution is 5.87. The fourth-order valence-corrected chi connectivity index (χ4v) is 6.09. The molecule has 1 aromatic heterocycles. The number of para-hydroxylation sites is 1. The molecule has 1 amide bonds. The van der Waals surface area contributed by atoms with Crippen molar-refractivity contribution in [2.75, 3.05) is 31.6 Å². The van der Waals surface area contributed by atoms with E-state index < -0.39 is 0 Å². The number of hydrogen-bond acceptors (Lipinski definition) is 7. The molecule has 0 saturated carbocycles. The van der Waals surface area contributed by atoms with E-state index >= 15 is 0 Å². The van der Waals surface area contributed by atoms with Crippen molar-refractivity contribution in [2.45, 2.75) is 56.6 Å². The first-order chi connectivity index (χ1) is 17.0. The quantitative estimate of drug-likeness (QED) is 0.630. The molecular formula is C27H31N5O3. The van der Waals surface area contributed by atoms with Gasteiger partial charge in [-0.1, -0.05) is 24.8 Å². The number of nitriles is 1. The average Bonchev–Trinajstić information content (AvgIpc) is 2.87. The Hall–Kier alpha value is -3.60. The predicted octanol–water partition coefficient (Wildman–Crippen LogP) is 3.20. The zero-order chi connectivity index (χ0) is 24.6. The van der Waals surface area contributed by atoms with Crippen molar-refractivity contribution in [3.63, 3.8) is 0 Å². The third-order valence-corrected chi connectivity index (χ3v) is 7.62. The van der Waals surface area contributed by atoms with E-state index in [1.807, 2.05) is 6.07 Å². The summed E-state index contributed by atoms with van der Waals surface area (Å²) < 4.78 is 11.7. The Labute approximate surface area is 206 Å². The molecule has 5 rings (SSSR count). The second kappa shape index (κ2) is 9.21. The maximum atomic E-state index is 12.4. The van der Waals surface area contributed by atoms with E-state index in [0.29, 0.717) is 25.6 Å². The largest absolute Gasteiger partial charge is 0.490 e. The van der Waals surface area contributed by atoms with E-state index in [9.17, 15) is 10.1 Å². The van der Waals surface area contributed by atoms with E-state index in [2.05, 4.69) is 42.7 Å². The number of nitrogens with zero attached hydrogens (tertiary/aromatic N) is 5. The van der Waals surface area contributed by atoms with E-state index in [-0.39, 0.29) is 29.9 Å². The fraction of sp³-hybridized carbons (Fsp3) is 0.481. The molecule has 1 fully saturated rings. The van der Waals surface area contributed by atoms with Crippen LogP contribution in [-0.4, -0.2) is 59.7 Å². The third kappa shape index (κ3) is 4.09. The number of amides is 1. The van der Waals surface area contributed by atoms with Crippen molar-refractivity contribution in [3.8, 4) is 17.8 Å². The molecule has 0 radical (unpaired) electrons. The lowest BCUT2D eigenvalue weighted by molar-refractivity contribution is -0.128. The van der Waals surface area contributed by atoms with Gasteiger partial charge >= 0.3 is 6.01 Å². The number of methoxy groups -OCH3 is 1. The Balaban J connectivity index is 1.50. The van der Waals surface area contributed by atoms with Crippen LogP contribution in [0.25, 0.3) is 0 Å². The summed E-state index contributed by atoms with van der Waals surface area (Å²) in [6.45, 7) is 7.44. The summed E-state index contributed by atoms with van der Waals surface area (Å²) in [6, 6.07) is 10.7. The molecule has 1 aromatic carbocycles. The van der Waals surface area contributed by atoms with Crippen LogP contribution in [0.15, 0.2) is 36.9 Å². The molecular weight excluding hydrogens is 442 g/mol. The average molecular weight is 474 g/mol. The van der Waals surface area contributed by atoms with Crippen LogP contribution in [0.2, 0.25) is 0 Å². The standard InChI is InChI=1S/C27H31N5O3/c1-4-24(33)32-14-13-31(17-19(32)10-12-28)25-20-9-11-27(16-22(20)29-26(30-25)34-3)15-18(2)35-23-8-6-5-7-21(23)27/h4-8,18-19H,1,9-11,13-17H2,2-3H3. The maximum absolute atomic E-state index is 12.4. The first-order valence-electron chi connectivity index (χ1n) is 12.2. The zero-order valence-electron chi connectivity index (χ0n) is 20.4. The Morgan fingerprint density at radius 3 is 2.97 bits per heavy atom. The summed E-state index contributed by atoms with van der Waals surface area (Å²) in [5.74, 6) is 1.70. The zero-order valence-corrected chi connectivity index (χ0v) is 20.4. The molecule has 1 aliphatic carbocycles. The first kappa shape index (κ1) is 23.2. The summed E-state index contributed by atoms with van der Waals surface area (Å²) in [7, 11) is 1.59. The number of fused-ring (bicyclic) bond motifs is 3. The van der Waals surface area contributed by atoms with E-state index in [1.54, 1.807) is 12.0 Å². The highest BCUT2D eigenvalue weighted by Gasteiger charge is 2.44. The van der Waals surface area contributed by atoms with Gasteiger partial charge in [-0.05, 0) is 38.3 Å². The molecule has 3 aliphatic rings. The normalized spacial score (nSPS) is 25.2. The van der Waals surface area contributed by atoms with Gasteiger partial charge in [-0.2, -0.15) is 15.2 Å². The van der Waals surface area contributed by atoms with Gasteiger partial charge in [-0.3, -0.25) is 4.79 Å². The molecule has 182 valence electrons. The van der Waals surface area contributed by atoms with Crippen molar-refractivity contribution >= 4 is 11.7 Å². The maximum Gasteiger partial charge on any atom is 0.318 e. The number of rotatable bonds is 4. The molecule has 35 heavy (non-hydrogen) atoms. The number of benzene rings is 1. The molecule has 3 heterocycles. The van der Waals surface area contributed by atoms with Crippen LogP contribution in [0.4, 0.5) is 5.82 Å². The van der Waals surface area contributed by atoms with Crippen LogP contribution in [0, 0.1) is 11.3 Å². The molecule has 8 nitrogen and oxygen atoms in total. The van der Waals surface area contributed by atoms with Gasteiger partial charge in [0.2, 0.25) is 5.91 Å². The van der Waals surface area contributed by atoms with Gasteiger partial charge in [0.05, 0.1) is 37.4 Å². The minimum absolute atomic E-state index is 0.0314. The Morgan fingerprint density at radius 1 is 1.37 bits per heavy atom. The van der Waals surface area contributed by atoms with Gasteiger partial charge in [0.25, 0.3) is 0 Å². The monoisotopic (exact) mass is 473 g/mol. The summed E-state index contributed by atoms with van der Waals surface area (Å²) in [4.78, 5) is 25.9. The lowest BCUT2D eigenvalue weighted by Crippen LogP contribution is -2.55. The topological polar surface area (TPSA) is 91.6 Å². The van der Waals surface area contributed by atoms with Gasteiger partial charge in [0.1, 0.15) is 11.6 Å². The number of carbonyl (C=O) groups is 1. The van der Waals surface area contributed by atoms with Crippen LogP contribution >= 0.6 is 0 Å². The van der Waals surface area contributed by atoms with Crippen LogP contribution < -0.4 is 14.4 Å². The number of hydrogen-bond donors (Lipinski definition) is 0. The van der Waals surface area contributed by atoms with Gasteiger partial charge in [0.15, 0.2) is 0 Å². The van der Waals surface area contributed by atoms with Crippen molar-refractivity contribution in [1.82, 2.24) is 14.9 Å². The van der Waals surface area contributed by atoms with Crippen LogP contribution in [0.3, 0.4) is 0 Å². The van der Waals surface area contributed by atoms with Crippen LogP contribution in [0.5, 0.6) is 11.8 Å². The van der Waals surface area contributed by atoms with E-state index in [4.69, 9.17) is 19.4 Å².